The molecule has 0 spiro atoms. The van der Waals surface area contributed by atoms with E-state index in [1.165, 1.54) is 0 Å². The smallest absolute Gasteiger partial charge is 0.268 e. The Hall–Kier alpha value is -1.65. The summed E-state index contributed by atoms with van der Waals surface area (Å²) in [5.41, 5.74) is 7.82. The van der Waals surface area contributed by atoms with E-state index in [1.807, 2.05) is 6.08 Å². The predicted octanol–water partition coefficient (Wildman–Crippen LogP) is -1.07. The number of guanidine groups is 1. The Morgan fingerprint density at radius 3 is 2.92 bits per heavy atom. The Morgan fingerprint density at radius 1 is 1.54 bits per heavy atom. The molecule has 0 rings (SSSR count). The van der Waals surface area contributed by atoms with Crippen LogP contribution >= 0.6 is 0 Å². The van der Waals surface area contributed by atoms with Crippen molar-refractivity contribution in [3.8, 4) is 0 Å². The molecule has 0 atom stereocenters. The van der Waals surface area contributed by atoms with E-state index in [9.17, 15) is 0 Å². The van der Waals surface area contributed by atoms with Gasteiger partial charge in [0.1, 0.15) is 0 Å². The lowest BCUT2D eigenvalue weighted by Crippen LogP contribution is -2.80. The van der Waals surface area contributed by atoms with Gasteiger partial charge in [0.2, 0.25) is 0 Å². The third-order valence-electron chi connectivity index (χ3n) is 1.21. The van der Waals surface area contributed by atoms with Gasteiger partial charge in [-0.05, 0) is 19.3 Å². The zero-order chi connectivity index (χ0) is 9.94. The second kappa shape index (κ2) is 8.45. The molecule has 0 aliphatic heterocycles. The summed E-state index contributed by atoms with van der Waals surface area (Å²) >= 11 is 0. The van der Waals surface area contributed by atoms with Crippen LogP contribution in [-0.4, -0.2) is 18.9 Å². The maximum Gasteiger partial charge on any atom is 0.268 e. The quantitative estimate of drug-likeness (QED) is 0.161. The van der Waals surface area contributed by atoms with Gasteiger partial charge in [-0.15, -0.1) is 22.2 Å². The fraction of sp³-hybridized carbons (Fsp3) is 0.375. The molecule has 5 nitrogen and oxygen atoms in total. The number of rotatable bonds is 6. The van der Waals surface area contributed by atoms with Gasteiger partial charge in [0, 0.05) is 6.21 Å². The minimum Gasteiger partial charge on any atom is -0.364 e. The average Bonchev–Trinajstić information content (AvgIpc) is 2.11. The molecule has 0 aliphatic carbocycles. The highest BCUT2D eigenvalue weighted by atomic mass is 15.4. The molecule has 0 aliphatic rings. The van der Waals surface area contributed by atoms with E-state index < -0.39 is 0 Å². The van der Waals surface area contributed by atoms with E-state index >= 15 is 0 Å². The Balaban J connectivity index is 3.54. The number of unbranched alkanes of at least 4 members (excludes halogenated alkanes) is 2. The normalized spacial score (nSPS) is 11.5. The topological polar surface area (TPSA) is 76.7 Å². The first-order valence-electron chi connectivity index (χ1n) is 4.05. The predicted molar refractivity (Wildman–Crippen MR) is 55.4 cm³/mol. The molecule has 13 heavy (non-hydrogen) atoms. The van der Waals surface area contributed by atoms with Crippen molar-refractivity contribution in [1.82, 2.24) is 5.43 Å². The third kappa shape index (κ3) is 8.25. The van der Waals surface area contributed by atoms with Gasteiger partial charge in [-0.2, -0.15) is 5.10 Å². The van der Waals surface area contributed by atoms with Gasteiger partial charge < -0.3 is 5.73 Å². The Kier molecular flexibility index (Phi) is 7.37. The fourth-order valence-corrected chi connectivity index (χ4v) is 0.630. The minimum absolute atomic E-state index is 0.190. The molecule has 0 bridgehead atoms. The van der Waals surface area contributed by atoms with E-state index in [-0.39, 0.29) is 5.96 Å². The Labute approximate surface area is 78.1 Å². The molecule has 5 heteroatoms. The summed E-state index contributed by atoms with van der Waals surface area (Å²) in [4.78, 5) is 0. The van der Waals surface area contributed by atoms with E-state index in [1.54, 1.807) is 6.21 Å². The van der Waals surface area contributed by atoms with Gasteiger partial charge in [0.15, 0.2) is 6.72 Å². The largest absolute Gasteiger partial charge is 0.364 e. The lowest BCUT2D eigenvalue weighted by atomic mass is 10.2. The number of nitrogens with two attached hydrogens (primary N) is 1. The summed E-state index contributed by atoms with van der Waals surface area (Å²) in [6.07, 6.45) is 6.48. The van der Waals surface area contributed by atoms with Crippen LogP contribution in [0.2, 0.25) is 0 Å². The number of nitrogens with zero attached hydrogens (tertiary/aromatic N) is 2. The summed E-state index contributed by atoms with van der Waals surface area (Å²) in [6.45, 7) is 6.92. The van der Waals surface area contributed by atoms with Gasteiger partial charge in [-0.3, -0.25) is 0 Å². The fourth-order valence-electron chi connectivity index (χ4n) is 0.630. The number of hydrogen-bond donors (Lipinski definition) is 3. The molecular weight excluding hydrogens is 166 g/mol. The third-order valence-corrected chi connectivity index (χ3v) is 1.21. The molecule has 0 saturated heterocycles. The second-order valence-electron chi connectivity index (χ2n) is 2.30. The highest BCUT2D eigenvalue weighted by Crippen LogP contribution is 1.92. The maximum absolute atomic E-state index is 5.33. The lowest BCUT2D eigenvalue weighted by molar-refractivity contribution is -0.496. The highest BCUT2D eigenvalue weighted by Gasteiger charge is 1.85. The van der Waals surface area contributed by atoms with Crippen molar-refractivity contribution in [2.24, 2.45) is 15.9 Å². The molecule has 0 saturated carbocycles. The number of nitrogens with one attached hydrogen (secondary N) is 2. The van der Waals surface area contributed by atoms with Gasteiger partial charge in [0.25, 0.3) is 5.96 Å². The molecule has 4 N–H and O–H groups in total. The number of hydrogen-bond acceptors (Lipinski definition) is 2. The van der Waals surface area contributed by atoms with Crippen LogP contribution in [0, 0.1) is 0 Å². The van der Waals surface area contributed by atoms with E-state index in [2.05, 4.69) is 34.0 Å². The number of allylic oxidation sites excluding steroid dienone is 1. The first-order chi connectivity index (χ1) is 6.31. The van der Waals surface area contributed by atoms with E-state index in [0.717, 1.165) is 19.3 Å². The number of hydrazine groups is 1. The number of hydrazone groups is 1. The Bertz CT molecular complexity index is 207. The molecule has 0 amide bonds. The van der Waals surface area contributed by atoms with Crippen LogP contribution in [0.15, 0.2) is 22.9 Å². The van der Waals surface area contributed by atoms with E-state index in [0.29, 0.717) is 0 Å². The van der Waals surface area contributed by atoms with Crippen LogP contribution in [0.5, 0.6) is 0 Å². The summed E-state index contributed by atoms with van der Waals surface area (Å²) in [5.74, 6) is 0.190. The van der Waals surface area contributed by atoms with Crippen LogP contribution in [0.25, 0.3) is 0 Å². The van der Waals surface area contributed by atoms with Crippen molar-refractivity contribution in [1.29, 1.82) is 0 Å². The van der Waals surface area contributed by atoms with Crippen molar-refractivity contribution in [3.05, 3.63) is 12.7 Å². The summed E-state index contributed by atoms with van der Waals surface area (Å²) in [6, 6.07) is 0. The van der Waals surface area contributed by atoms with Crippen LogP contribution in [0.3, 0.4) is 0 Å². The molecule has 0 aromatic heterocycles. The monoisotopic (exact) mass is 182 g/mol. The summed E-state index contributed by atoms with van der Waals surface area (Å²) < 4.78 is 0. The van der Waals surface area contributed by atoms with Crippen molar-refractivity contribution >= 4 is 18.9 Å². The lowest BCUT2D eigenvalue weighted by Gasteiger charge is -1.89. The first-order valence-corrected chi connectivity index (χ1v) is 4.05. The SMILES string of the molecule is C=CCCCC=N/N=C(\N)N[NH+]=C. The summed E-state index contributed by atoms with van der Waals surface area (Å²) in [7, 11) is 0. The highest BCUT2D eigenvalue weighted by molar-refractivity contribution is 5.76. The maximum atomic E-state index is 5.33. The van der Waals surface area contributed by atoms with Crippen molar-refractivity contribution in [3.63, 3.8) is 0 Å². The first kappa shape index (κ1) is 11.4. The molecule has 0 aromatic rings. The Morgan fingerprint density at radius 2 is 2.31 bits per heavy atom. The van der Waals surface area contributed by atoms with Crippen LogP contribution in [0.4, 0.5) is 0 Å². The molecule has 0 heterocycles. The zero-order valence-corrected chi connectivity index (χ0v) is 7.66. The van der Waals surface area contributed by atoms with Gasteiger partial charge in [-0.25, -0.2) is 0 Å². The zero-order valence-electron chi connectivity index (χ0n) is 7.66. The van der Waals surface area contributed by atoms with Crippen LogP contribution in [-0.2, 0) is 0 Å². The van der Waals surface area contributed by atoms with Crippen molar-refractivity contribution in [2.75, 3.05) is 0 Å². The van der Waals surface area contributed by atoms with Gasteiger partial charge in [0.05, 0.1) is 0 Å². The molecule has 0 aromatic carbocycles. The van der Waals surface area contributed by atoms with Gasteiger partial charge >= 0.3 is 0 Å². The molecule has 0 radical (unpaired) electrons. The molecular formula is C8H16N5+. The van der Waals surface area contributed by atoms with Crippen molar-refractivity contribution < 1.29 is 5.10 Å². The minimum atomic E-state index is 0.190. The van der Waals surface area contributed by atoms with Gasteiger partial charge in [-0.1, -0.05) is 6.08 Å². The second-order valence-corrected chi connectivity index (χ2v) is 2.30. The molecule has 72 valence electrons. The molecule has 0 unspecified atom stereocenters. The van der Waals surface area contributed by atoms with E-state index in [4.69, 9.17) is 5.73 Å². The van der Waals surface area contributed by atoms with Crippen LogP contribution < -0.4 is 16.3 Å². The summed E-state index contributed by atoms with van der Waals surface area (Å²) in [5, 5.41) is 9.76. The van der Waals surface area contributed by atoms with Crippen LogP contribution in [0.1, 0.15) is 19.3 Å². The molecule has 0 fully saturated rings. The standard InChI is InChI=1S/C8H15N5/c1-3-4-5-6-7-11-13-8(9)12-10-2/h3,7H,1-2,4-6H2,(H3,9,12,13)/p+1. The average molecular weight is 182 g/mol. The van der Waals surface area contributed by atoms with Crippen molar-refractivity contribution in [2.45, 2.75) is 19.3 Å².